The van der Waals surface area contributed by atoms with E-state index in [-0.39, 0.29) is 4.90 Å². The molecule has 0 atom stereocenters. The Labute approximate surface area is 216 Å². The molecule has 0 amide bonds. The second-order valence-electron chi connectivity index (χ2n) is 10.1. The zero-order valence-corrected chi connectivity index (χ0v) is 22.9. The summed E-state index contributed by atoms with van der Waals surface area (Å²) < 4.78 is 32.0. The topological polar surface area (TPSA) is 79.3 Å². The predicted molar refractivity (Wildman–Crippen MR) is 139 cm³/mol. The number of ether oxygens (including phenoxy) is 2. The van der Waals surface area contributed by atoms with Crippen molar-refractivity contribution < 1.29 is 23.0 Å². The largest absolute Gasteiger partial charge is 0.396 e. The molecule has 9 heteroatoms. The molecule has 2 aliphatic carbocycles. The average Bonchev–Trinajstić information content (AvgIpc) is 2.80. The number of nitrogens with zero attached hydrogens (tertiary/aromatic N) is 2. The van der Waals surface area contributed by atoms with Gasteiger partial charge < -0.3 is 14.6 Å². The van der Waals surface area contributed by atoms with Gasteiger partial charge in [0.2, 0.25) is 0 Å². The zero-order chi connectivity index (χ0) is 25.3. The molecule has 35 heavy (non-hydrogen) atoms. The van der Waals surface area contributed by atoms with Crippen LogP contribution in [0, 0.1) is 18.8 Å². The van der Waals surface area contributed by atoms with E-state index in [1.165, 1.54) is 57.3 Å². The maximum absolute atomic E-state index is 10.7. The van der Waals surface area contributed by atoms with Gasteiger partial charge in [-0.15, -0.1) is 0 Å². The lowest BCUT2D eigenvalue weighted by atomic mass is 9.77. The molecule has 0 aromatic heterocycles. The van der Waals surface area contributed by atoms with Crippen LogP contribution in [0.2, 0.25) is 0 Å². The van der Waals surface area contributed by atoms with Crippen molar-refractivity contribution in [2.75, 3.05) is 59.2 Å². The first-order valence-electron chi connectivity index (χ1n) is 13.1. The molecule has 2 saturated carbocycles. The van der Waals surface area contributed by atoms with Crippen LogP contribution in [-0.2, 0) is 18.5 Å². The summed E-state index contributed by atoms with van der Waals surface area (Å²) in [7, 11) is 1.54. The number of halogens is 1. The SMILES string of the molecule is CCC1CC(N2CCOCC2)C1.Cc1ccc(S(=O)(=O)Cl)cc1.OCC1CC(N2CCOCC2)C1. The van der Waals surface area contributed by atoms with Crippen LogP contribution < -0.4 is 0 Å². The van der Waals surface area contributed by atoms with E-state index in [2.05, 4.69) is 16.7 Å². The molecule has 5 rings (SSSR count). The zero-order valence-electron chi connectivity index (χ0n) is 21.3. The van der Waals surface area contributed by atoms with Crippen LogP contribution in [0.3, 0.4) is 0 Å². The van der Waals surface area contributed by atoms with Gasteiger partial charge in [0.1, 0.15) is 0 Å². The lowest BCUT2D eigenvalue weighted by molar-refractivity contribution is -0.0257. The third-order valence-electron chi connectivity index (χ3n) is 7.68. The van der Waals surface area contributed by atoms with Crippen LogP contribution in [0.4, 0.5) is 0 Å². The molecule has 0 spiro atoms. The van der Waals surface area contributed by atoms with Crippen molar-refractivity contribution in [2.45, 2.75) is 62.9 Å². The van der Waals surface area contributed by atoms with E-state index in [0.29, 0.717) is 12.5 Å². The van der Waals surface area contributed by atoms with Gasteiger partial charge in [0.15, 0.2) is 0 Å². The normalized spacial score (nSPS) is 29.5. The highest BCUT2D eigenvalue weighted by Gasteiger charge is 2.34. The average molecular weight is 531 g/mol. The monoisotopic (exact) mass is 530 g/mol. The van der Waals surface area contributed by atoms with Crippen LogP contribution >= 0.6 is 10.7 Å². The number of rotatable bonds is 5. The fourth-order valence-electron chi connectivity index (χ4n) is 5.07. The Morgan fingerprint density at radius 1 is 0.857 bits per heavy atom. The van der Waals surface area contributed by atoms with Crippen molar-refractivity contribution in [2.24, 2.45) is 11.8 Å². The lowest BCUT2D eigenvalue weighted by Crippen LogP contribution is -2.50. The van der Waals surface area contributed by atoms with E-state index in [9.17, 15) is 8.42 Å². The van der Waals surface area contributed by atoms with Crippen LogP contribution in [0.15, 0.2) is 29.2 Å². The second-order valence-corrected chi connectivity index (χ2v) is 12.7. The standard InChI is InChI=1S/C10H19NO.C9H17NO2.C7H7ClO2S/c1-2-9-7-10(8-9)11-3-5-12-6-4-11;11-7-8-5-9(6-8)10-1-3-12-4-2-10;1-6-2-4-7(5-3-6)11(8,9)10/h9-10H,2-8H2,1H3;8-9,11H,1-7H2;2-5H,1H3. The first-order valence-corrected chi connectivity index (χ1v) is 15.4. The van der Waals surface area contributed by atoms with Gasteiger partial charge in [0.05, 0.1) is 31.3 Å². The van der Waals surface area contributed by atoms with Crippen LogP contribution in [0.5, 0.6) is 0 Å². The highest BCUT2D eigenvalue weighted by atomic mass is 35.7. The molecular formula is C26H43ClN2O5S. The Morgan fingerprint density at radius 3 is 1.66 bits per heavy atom. The molecule has 200 valence electrons. The molecule has 2 heterocycles. The Hall–Kier alpha value is -0.740. The Bertz CT molecular complexity index is 796. The minimum atomic E-state index is -3.55. The van der Waals surface area contributed by atoms with Gasteiger partial charge >= 0.3 is 0 Å². The summed E-state index contributed by atoms with van der Waals surface area (Å²) in [4.78, 5) is 5.25. The highest BCUT2D eigenvalue weighted by molar-refractivity contribution is 8.13. The van der Waals surface area contributed by atoms with E-state index in [0.717, 1.165) is 63.1 Å². The molecule has 0 unspecified atom stereocenters. The van der Waals surface area contributed by atoms with Gasteiger partial charge in [0, 0.05) is 55.6 Å². The minimum Gasteiger partial charge on any atom is -0.396 e. The quantitative estimate of drug-likeness (QED) is 0.583. The molecular weight excluding hydrogens is 488 g/mol. The summed E-state index contributed by atoms with van der Waals surface area (Å²) in [6, 6.07) is 8.02. The van der Waals surface area contributed by atoms with Crippen molar-refractivity contribution in [3.63, 3.8) is 0 Å². The van der Waals surface area contributed by atoms with E-state index in [4.69, 9.17) is 25.3 Å². The summed E-state index contributed by atoms with van der Waals surface area (Å²) in [5.74, 6) is 1.61. The molecule has 1 aromatic carbocycles. The second kappa shape index (κ2) is 14.3. The number of aliphatic hydroxyl groups is 1. The first kappa shape index (κ1) is 28.8. The molecule has 0 bridgehead atoms. The third-order valence-corrected chi connectivity index (χ3v) is 9.05. The fraction of sp³-hybridized carbons (Fsp3) is 0.769. The van der Waals surface area contributed by atoms with Crippen LogP contribution in [-0.4, -0.2) is 94.6 Å². The molecule has 4 fully saturated rings. The fourth-order valence-corrected chi connectivity index (χ4v) is 5.84. The van der Waals surface area contributed by atoms with E-state index >= 15 is 0 Å². The van der Waals surface area contributed by atoms with Crippen molar-refractivity contribution >= 4 is 19.7 Å². The first-order chi connectivity index (χ1) is 16.8. The van der Waals surface area contributed by atoms with Gasteiger partial charge in [-0.1, -0.05) is 31.0 Å². The third kappa shape index (κ3) is 9.26. The molecule has 7 nitrogen and oxygen atoms in total. The Balaban J connectivity index is 0.000000147. The van der Waals surface area contributed by atoms with Gasteiger partial charge in [-0.05, 0) is 56.6 Å². The number of hydrogen-bond donors (Lipinski definition) is 1. The van der Waals surface area contributed by atoms with Crippen molar-refractivity contribution in [3.8, 4) is 0 Å². The van der Waals surface area contributed by atoms with Crippen molar-refractivity contribution in [1.82, 2.24) is 9.80 Å². The number of hydrogen-bond acceptors (Lipinski definition) is 7. The number of aliphatic hydroxyl groups excluding tert-OH is 1. The number of morpholine rings is 2. The van der Waals surface area contributed by atoms with Gasteiger partial charge in [-0.25, -0.2) is 8.42 Å². The molecule has 2 saturated heterocycles. The Kier molecular flexibility index (Phi) is 11.7. The van der Waals surface area contributed by atoms with Gasteiger partial charge in [-0.3, -0.25) is 9.80 Å². The smallest absolute Gasteiger partial charge is 0.261 e. The molecule has 1 N–H and O–H groups in total. The maximum Gasteiger partial charge on any atom is 0.261 e. The highest BCUT2D eigenvalue weighted by Crippen LogP contribution is 2.34. The minimum absolute atomic E-state index is 0.143. The molecule has 4 aliphatic rings. The van der Waals surface area contributed by atoms with Crippen molar-refractivity contribution in [3.05, 3.63) is 29.8 Å². The summed E-state index contributed by atoms with van der Waals surface area (Å²) in [6.45, 7) is 12.8. The summed E-state index contributed by atoms with van der Waals surface area (Å²) in [5.41, 5.74) is 1.01. The van der Waals surface area contributed by atoms with E-state index in [1.54, 1.807) is 12.1 Å². The maximum atomic E-state index is 10.7. The van der Waals surface area contributed by atoms with Crippen LogP contribution in [0.25, 0.3) is 0 Å². The van der Waals surface area contributed by atoms with E-state index < -0.39 is 9.05 Å². The molecule has 1 aromatic rings. The summed E-state index contributed by atoms with van der Waals surface area (Å²) in [5, 5.41) is 8.86. The summed E-state index contributed by atoms with van der Waals surface area (Å²) >= 11 is 0. The van der Waals surface area contributed by atoms with Gasteiger partial charge in [-0.2, -0.15) is 0 Å². The van der Waals surface area contributed by atoms with Gasteiger partial charge in [0.25, 0.3) is 9.05 Å². The molecule has 0 radical (unpaired) electrons. The predicted octanol–water partition coefficient (Wildman–Crippen LogP) is 3.52. The van der Waals surface area contributed by atoms with Crippen LogP contribution in [0.1, 0.15) is 44.6 Å². The lowest BCUT2D eigenvalue weighted by Gasteiger charge is -2.44. The Morgan fingerprint density at radius 2 is 1.29 bits per heavy atom. The van der Waals surface area contributed by atoms with Crippen molar-refractivity contribution in [1.29, 1.82) is 0 Å². The number of aryl methyl sites for hydroxylation is 1. The summed E-state index contributed by atoms with van der Waals surface area (Å²) in [6.07, 6.45) is 6.64. The number of benzene rings is 1. The molecule has 2 aliphatic heterocycles. The van der Waals surface area contributed by atoms with E-state index in [1.807, 2.05) is 6.92 Å².